The zero-order chi connectivity index (χ0) is 15.6. The van der Waals surface area contributed by atoms with Crippen molar-refractivity contribution in [3.8, 4) is 0 Å². The fourth-order valence-corrected chi connectivity index (χ4v) is 3.67. The number of carbonyl (C=O) groups is 1. The van der Waals surface area contributed by atoms with E-state index in [1.54, 1.807) is 18.2 Å². The number of nitrogens with zero attached hydrogens (tertiary/aromatic N) is 1. The quantitative estimate of drug-likeness (QED) is 0.800. The van der Waals surface area contributed by atoms with Crippen LogP contribution < -0.4 is 4.90 Å². The van der Waals surface area contributed by atoms with E-state index in [2.05, 4.69) is 0 Å². The van der Waals surface area contributed by atoms with Gasteiger partial charge in [-0.2, -0.15) is 0 Å². The summed E-state index contributed by atoms with van der Waals surface area (Å²) in [7, 11) is 0.345. The number of ether oxygens (including phenoxy) is 1. The van der Waals surface area contributed by atoms with Gasteiger partial charge in [-0.1, -0.05) is 17.7 Å². The molecule has 0 aromatic heterocycles. The van der Waals surface area contributed by atoms with Gasteiger partial charge in [0.15, 0.2) is 5.78 Å². The topological polar surface area (TPSA) is 65.1 Å². The third kappa shape index (κ3) is 2.75. The van der Waals surface area contributed by atoms with Crippen LogP contribution in [0.4, 0.5) is 10.5 Å². The van der Waals surface area contributed by atoms with Crippen molar-refractivity contribution in [3.63, 3.8) is 0 Å². The molecule has 1 heterocycles. The molecular formula is C14H18NO5P. The standard InChI is InChI=1S/C14H18NO5P/c1-10-5-7-12-11(9-10)6-8-13(15(12)14(16)18-2)21(17,19-3)20-4/h5-9,13H,1-4H3. The van der Waals surface area contributed by atoms with E-state index in [0.29, 0.717) is 5.69 Å². The van der Waals surface area contributed by atoms with Crippen LogP contribution in [0.5, 0.6) is 0 Å². The van der Waals surface area contributed by atoms with E-state index < -0.39 is 19.5 Å². The number of hydrogen-bond donors (Lipinski definition) is 0. The molecule has 1 amide bonds. The van der Waals surface area contributed by atoms with Crippen molar-refractivity contribution in [1.29, 1.82) is 0 Å². The summed E-state index contributed by atoms with van der Waals surface area (Å²) in [6.45, 7) is 1.96. The van der Waals surface area contributed by atoms with Gasteiger partial charge in [-0.25, -0.2) is 4.79 Å². The maximum atomic E-state index is 12.7. The third-order valence-corrected chi connectivity index (χ3v) is 5.43. The number of hydrogen-bond acceptors (Lipinski definition) is 5. The Kier molecular flexibility index (Phi) is 4.52. The summed E-state index contributed by atoms with van der Waals surface area (Å²) < 4.78 is 27.5. The van der Waals surface area contributed by atoms with E-state index in [4.69, 9.17) is 13.8 Å². The second-order valence-corrected chi connectivity index (χ2v) is 6.92. The van der Waals surface area contributed by atoms with Crippen molar-refractivity contribution in [2.75, 3.05) is 26.2 Å². The first-order valence-electron chi connectivity index (χ1n) is 6.34. The molecule has 0 aliphatic carbocycles. The predicted molar refractivity (Wildman–Crippen MR) is 80.5 cm³/mol. The molecule has 21 heavy (non-hydrogen) atoms. The largest absolute Gasteiger partial charge is 0.452 e. The van der Waals surface area contributed by atoms with Gasteiger partial charge in [-0.3, -0.25) is 9.46 Å². The lowest BCUT2D eigenvalue weighted by atomic mass is 10.1. The summed E-state index contributed by atoms with van der Waals surface area (Å²) in [5, 5.41) is 0. The summed E-state index contributed by atoms with van der Waals surface area (Å²) in [5.41, 5.74) is 2.51. The van der Waals surface area contributed by atoms with Gasteiger partial charge in [0.25, 0.3) is 0 Å². The minimum atomic E-state index is -3.51. The summed E-state index contributed by atoms with van der Waals surface area (Å²) in [6, 6.07) is 5.59. The number of amides is 1. The molecule has 0 bridgehead atoms. The molecule has 1 aromatic rings. The lowest BCUT2D eigenvalue weighted by molar-refractivity contribution is 0.176. The molecule has 0 saturated heterocycles. The second kappa shape index (κ2) is 6.02. The Morgan fingerprint density at radius 2 is 1.90 bits per heavy atom. The molecule has 0 spiro atoms. The minimum Gasteiger partial charge on any atom is -0.452 e. The van der Waals surface area contributed by atoms with Gasteiger partial charge in [0.1, 0.15) is 0 Å². The summed E-state index contributed by atoms with van der Waals surface area (Å²) >= 11 is 0. The van der Waals surface area contributed by atoms with Crippen LogP contribution in [0.25, 0.3) is 6.08 Å². The van der Waals surface area contributed by atoms with E-state index >= 15 is 0 Å². The molecule has 0 radical (unpaired) electrons. The molecule has 0 saturated carbocycles. The molecule has 0 fully saturated rings. The Balaban J connectivity index is 2.57. The Labute approximate surface area is 123 Å². The molecule has 1 atom stereocenters. The average Bonchev–Trinajstić information content (AvgIpc) is 2.52. The van der Waals surface area contributed by atoms with Gasteiger partial charge in [0.2, 0.25) is 0 Å². The first-order valence-corrected chi connectivity index (χ1v) is 7.95. The Morgan fingerprint density at radius 3 is 2.48 bits per heavy atom. The molecule has 1 aliphatic heterocycles. The van der Waals surface area contributed by atoms with Crippen molar-refractivity contribution in [2.45, 2.75) is 12.7 Å². The third-order valence-electron chi connectivity index (χ3n) is 3.36. The van der Waals surface area contributed by atoms with Crippen LogP contribution in [0.3, 0.4) is 0 Å². The maximum Gasteiger partial charge on any atom is 0.415 e. The summed E-state index contributed by atoms with van der Waals surface area (Å²) in [6.07, 6.45) is 2.81. The highest BCUT2D eigenvalue weighted by molar-refractivity contribution is 7.55. The van der Waals surface area contributed by atoms with Crippen molar-refractivity contribution in [3.05, 3.63) is 35.4 Å². The number of methoxy groups -OCH3 is 1. The fourth-order valence-electron chi connectivity index (χ4n) is 2.29. The van der Waals surface area contributed by atoms with E-state index in [1.165, 1.54) is 26.2 Å². The molecule has 7 heteroatoms. The number of carbonyl (C=O) groups excluding carboxylic acids is 1. The smallest absolute Gasteiger partial charge is 0.415 e. The zero-order valence-corrected chi connectivity index (χ0v) is 13.3. The Morgan fingerprint density at radius 1 is 1.24 bits per heavy atom. The highest BCUT2D eigenvalue weighted by Crippen LogP contribution is 2.55. The van der Waals surface area contributed by atoms with E-state index in [-0.39, 0.29) is 0 Å². The number of rotatable bonds is 3. The Bertz CT molecular complexity index is 620. The lowest BCUT2D eigenvalue weighted by Crippen LogP contribution is -2.41. The molecule has 1 aliphatic rings. The lowest BCUT2D eigenvalue weighted by Gasteiger charge is -2.35. The van der Waals surface area contributed by atoms with Crippen molar-refractivity contribution in [2.24, 2.45) is 0 Å². The van der Waals surface area contributed by atoms with Crippen LogP contribution in [0.2, 0.25) is 0 Å². The minimum absolute atomic E-state index is 0.606. The number of benzene rings is 1. The van der Waals surface area contributed by atoms with Crippen LogP contribution in [0, 0.1) is 6.92 Å². The molecule has 6 nitrogen and oxygen atoms in total. The van der Waals surface area contributed by atoms with Gasteiger partial charge in [0.05, 0.1) is 12.8 Å². The highest BCUT2D eigenvalue weighted by atomic mass is 31.2. The average molecular weight is 311 g/mol. The van der Waals surface area contributed by atoms with E-state index in [9.17, 15) is 9.36 Å². The van der Waals surface area contributed by atoms with E-state index in [0.717, 1.165) is 11.1 Å². The van der Waals surface area contributed by atoms with Gasteiger partial charge in [-0.05, 0) is 30.7 Å². The summed E-state index contributed by atoms with van der Waals surface area (Å²) in [5.74, 6) is -0.866. The first-order chi connectivity index (χ1) is 9.96. The van der Waals surface area contributed by atoms with Crippen molar-refractivity contribution < 1.29 is 23.1 Å². The monoisotopic (exact) mass is 311 g/mol. The van der Waals surface area contributed by atoms with Crippen molar-refractivity contribution in [1.82, 2.24) is 0 Å². The van der Waals surface area contributed by atoms with Crippen LogP contribution in [-0.4, -0.2) is 33.2 Å². The van der Waals surface area contributed by atoms with Crippen LogP contribution in [0.15, 0.2) is 24.3 Å². The first kappa shape index (κ1) is 15.8. The van der Waals surface area contributed by atoms with E-state index in [1.807, 2.05) is 19.1 Å². The normalized spacial score (nSPS) is 17.5. The van der Waals surface area contributed by atoms with Gasteiger partial charge in [0, 0.05) is 14.2 Å². The molecule has 114 valence electrons. The number of aryl methyl sites for hydroxylation is 1. The molecule has 1 aromatic carbocycles. The Hall–Kier alpha value is -1.62. The van der Waals surface area contributed by atoms with Crippen LogP contribution in [0.1, 0.15) is 11.1 Å². The fraction of sp³-hybridized carbons (Fsp3) is 0.357. The molecule has 1 unspecified atom stereocenters. The van der Waals surface area contributed by atoms with Gasteiger partial charge in [-0.15, -0.1) is 0 Å². The van der Waals surface area contributed by atoms with Crippen molar-refractivity contribution >= 4 is 25.5 Å². The molecule has 0 N–H and O–H groups in total. The molecule has 2 rings (SSSR count). The maximum absolute atomic E-state index is 12.7. The van der Waals surface area contributed by atoms with Crippen LogP contribution in [-0.2, 0) is 18.3 Å². The SMILES string of the molecule is COC(=O)N1c2ccc(C)cc2C=CC1P(=O)(OC)OC. The van der Waals surface area contributed by atoms with Crippen LogP contribution >= 0.6 is 7.60 Å². The highest BCUT2D eigenvalue weighted by Gasteiger charge is 2.42. The molecular weight excluding hydrogens is 293 g/mol. The number of fused-ring (bicyclic) bond motifs is 1. The second-order valence-electron chi connectivity index (χ2n) is 4.58. The van der Waals surface area contributed by atoms with Gasteiger partial charge < -0.3 is 13.8 Å². The predicted octanol–water partition coefficient (Wildman–Crippen LogP) is 3.41. The number of anilines is 1. The zero-order valence-electron chi connectivity index (χ0n) is 12.4. The van der Waals surface area contributed by atoms with Gasteiger partial charge >= 0.3 is 13.7 Å². The summed E-state index contributed by atoms with van der Waals surface area (Å²) in [4.78, 5) is 13.4.